The number of amides is 2. The van der Waals surface area contributed by atoms with Crippen molar-refractivity contribution in [1.29, 1.82) is 0 Å². The molecule has 4 aliphatic rings. The van der Waals surface area contributed by atoms with Crippen molar-refractivity contribution in [3.63, 3.8) is 0 Å². The minimum Gasteiger partial charge on any atom is -0.364 e. The van der Waals surface area contributed by atoms with Crippen LogP contribution in [0.4, 0.5) is 0 Å². The minimum absolute atomic E-state index is 0.132. The predicted octanol–water partition coefficient (Wildman–Crippen LogP) is 3.58. The van der Waals surface area contributed by atoms with Gasteiger partial charge in [0, 0.05) is 26.1 Å². The van der Waals surface area contributed by atoms with Gasteiger partial charge in [0.15, 0.2) is 5.17 Å². The molecule has 0 spiro atoms. The standard InChI is InChI=1S/C21H33N3O2S/c25-19(24-11-10-16-8-4-5-9-17(16)14-24)12-18-20(26)23-21(27-18)22-13-15-6-2-1-3-7-15/h15-18H,1-14H2,(H,22,23,26). The van der Waals surface area contributed by atoms with E-state index in [9.17, 15) is 9.59 Å². The van der Waals surface area contributed by atoms with Crippen LogP contribution in [-0.4, -0.2) is 46.8 Å². The Labute approximate surface area is 167 Å². The Hall–Kier alpha value is -1.04. The summed E-state index contributed by atoms with van der Waals surface area (Å²) >= 11 is 1.46. The number of carbonyl (C=O) groups is 2. The van der Waals surface area contributed by atoms with Crippen LogP contribution in [0.3, 0.4) is 0 Å². The maximum atomic E-state index is 12.8. The first kappa shape index (κ1) is 19.3. The summed E-state index contributed by atoms with van der Waals surface area (Å²) in [7, 11) is 0. The summed E-state index contributed by atoms with van der Waals surface area (Å²) in [6.45, 7) is 2.69. The zero-order valence-corrected chi connectivity index (χ0v) is 17.1. The van der Waals surface area contributed by atoms with Crippen LogP contribution in [0.2, 0.25) is 0 Å². The molecule has 5 nitrogen and oxygen atoms in total. The van der Waals surface area contributed by atoms with Gasteiger partial charge in [0.1, 0.15) is 5.25 Å². The Morgan fingerprint density at radius 2 is 1.78 bits per heavy atom. The molecule has 4 rings (SSSR count). The van der Waals surface area contributed by atoms with Crippen molar-refractivity contribution in [2.24, 2.45) is 22.7 Å². The molecule has 0 aromatic carbocycles. The Kier molecular flexibility index (Phi) is 6.41. The average Bonchev–Trinajstić information content (AvgIpc) is 3.06. The molecular formula is C21H33N3O2S. The Balaban J connectivity index is 1.22. The van der Waals surface area contributed by atoms with Crippen LogP contribution < -0.4 is 5.32 Å². The molecular weight excluding hydrogens is 358 g/mol. The van der Waals surface area contributed by atoms with E-state index in [4.69, 9.17) is 0 Å². The fourth-order valence-corrected chi connectivity index (χ4v) is 6.29. The van der Waals surface area contributed by atoms with Crippen molar-refractivity contribution in [1.82, 2.24) is 10.2 Å². The average molecular weight is 392 g/mol. The van der Waals surface area contributed by atoms with Crippen LogP contribution in [0.1, 0.15) is 70.6 Å². The highest BCUT2D eigenvalue weighted by molar-refractivity contribution is 8.15. The molecule has 2 aliphatic carbocycles. The molecule has 2 saturated carbocycles. The number of fused-ring (bicyclic) bond motifs is 1. The van der Waals surface area contributed by atoms with E-state index in [1.54, 1.807) is 0 Å². The molecule has 6 heteroatoms. The van der Waals surface area contributed by atoms with Gasteiger partial charge in [0.05, 0.1) is 0 Å². The van der Waals surface area contributed by atoms with E-state index in [0.717, 1.165) is 37.1 Å². The second-order valence-corrected chi connectivity index (χ2v) is 10.1. The number of amidine groups is 1. The summed E-state index contributed by atoms with van der Waals surface area (Å²) in [5.41, 5.74) is 0. The maximum Gasteiger partial charge on any atom is 0.262 e. The lowest BCUT2D eigenvalue weighted by Crippen LogP contribution is -2.45. The quantitative estimate of drug-likeness (QED) is 0.796. The van der Waals surface area contributed by atoms with Gasteiger partial charge in [-0.2, -0.15) is 4.99 Å². The first-order chi connectivity index (χ1) is 13.2. The third-order valence-electron chi connectivity index (χ3n) is 7.01. The second-order valence-electron chi connectivity index (χ2n) is 8.88. The number of aliphatic imine (C=N–C) groups is 1. The van der Waals surface area contributed by atoms with Crippen molar-refractivity contribution in [2.45, 2.75) is 75.9 Å². The van der Waals surface area contributed by atoms with E-state index in [1.807, 2.05) is 4.90 Å². The SMILES string of the molecule is O=C1N=C(NCC2CCCCC2)SC1CC(=O)N1CCC2CCCCC2C1. The third kappa shape index (κ3) is 4.87. The molecule has 150 valence electrons. The summed E-state index contributed by atoms with van der Waals surface area (Å²) < 4.78 is 0. The Morgan fingerprint density at radius 3 is 2.59 bits per heavy atom. The van der Waals surface area contributed by atoms with Crippen LogP contribution in [0.5, 0.6) is 0 Å². The zero-order chi connectivity index (χ0) is 18.6. The molecule has 3 unspecified atom stereocenters. The Bertz CT molecular complexity index is 588. The number of rotatable bonds is 4. The predicted molar refractivity (Wildman–Crippen MR) is 110 cm³/mol. The number of piperidine rings is 1. The van der Waals surface area contributed by atoms with Crippen molar-refractivity contribution >= 4 is 28.7 Å². The van der Waals surface area contributed by atoms with Crippen molar-refractivity contribution < 1.29 is 9.59 Å². The summed E-state index contributed by atoms with van der Waals surface area (Å²) in [6.07, 6.45) is 13.3. The molecule has 0 aromatic rings. The molecule has 1 N–H and O–H groups in total. The highest BCUT2D eigenvalue weighted by atomic mass is 32.2. The lowest BCUT2D eigenvalue weighted by molar-refractivity contribution is -0.135. The number of likely N-dealkylation sites (tertiary alicyclic amines) is 1. The topological polar surface area (TPSA) is 61.8 Å². The summed E-state index contributed by atoms with van der Waals surface area (Å²) in [5, 5.41) is 3.78. The number of nitrogens with zero attached hydrogens (tertiary/aromatic N) is 2. The molecule has 2 heterocycles. The molecule has 0 radical (unpaired) electrons. The molecule has 2 amide bonds. The highest BCUT2D eigenvalue weighted by Gasteiger charge is 2.36. The largest absolute Gasteiger partial charge is 0.364 e. The third-order valence-corrected chi connectivity index (χ3v) is 8.12. The van der Waals surface area contributed by atoms with E-state index >= 15 is 0 Å². The van der Waals surface area contributed by atoms with Crippen LogP contribution in [0, 0.1) is 17.8 Å². The zero-order valence-electron chi connectivity index (χ0n) is 16.3. The first-order valence-electron chi connectivity index (χ1n) is 11.0. The fourth-order valence-electron chi connectivity index (χ4n) is 5.33. The van der Waals surface area contributed by atoms with E-state index in [1.165, 1.54) is 69.5 Å². The number of hydrogen-bond acceptors (Lipinski definition) is 4. The van der Waals surface area contributed by atoms with Gasteiger partial charge < -0.3 is 10.2 Å². The molecule has 27 heavy (non-hydrogen) atoms. The smallest absolute Gasteiger partial charge is 0.262 e. The summed E-state index contributed by atoms with van der Waals surface area (Å²) in [6, 6.07) is 0. The van der Waals surface area contributed by atoms with Crippen molar-refractivity contribution in [3.05, 3.63) is 0 Å². The van der Waals surface area contributed by atoms with E-state index in [2.05, 4.69) is 10.3 Å². The molecule has 0 bridgehead atoms. The second kappa shape index (κ2) is 8.97. The van der Waals surface area contributed by atoms with E-state index in [0.29, 0.717) is 18.3 Å². The first-order valence-corrected chi connectivity index (χ1v) is 11.9. The van der Waals surface area contributed by atoms with Gasteiger partial charge >= 0.3 is 0 Å². The molecule has 1 saturated heterocycles. The van der Waals surface area contributed by atoms with Crippen LogP contribution >= 0.6 is 11.8 Å². The number of hydrogen-bond donors (Lipinski definition) is 1. The highest BCUT2D eigenvalue weighted by Crippen LogP contribution is 2.36. The van der Waals surface area contributed by atoms with Crippen LogP contribution in [-0.2, 0) is 9.59 Å². The number of thioether (sulfide) groups is 1. The Morgan fingerprint density at radius 1 is 1.04 bits per heavy atom. The fraction of sp³-hybridized carbons (Fsp3) is 0.857. The number of nitrogens with one attached hydrogen (secondary N) is 1. The van der Waals surface area contributed by atoms with Crippen molar-refractivity contribution in [3.8, 4) is 0 Å². The summed E-state index contributed by atoms with van der Waals surface area (Å²) in [5.74, 6) is 2.23. The monoisotopic (exact) mass is 391 g/mol. The van der Waals surface area contributed by atoms with Gasteiger partial charge in [0.25, 0.3) is 5.91 Å². The van der Waals surface area contributed by atoms with Gasteiger partial charge in [-0.05, 0) is 43.4 Å². The van der Waals surface area contributed by atoms with Gasteiger partial charge in [-0.15, -0.1) is 0 Å². The van der Waals surface area contributed by atoms with Crippen LogP contribution in [0.25, 0.3) is 0 Å². The van der Waals surface area contributed by atoms with E-state index < -0.39 is 0 Å². The van der Waals surface area contributed by atoms with Crippen LogP contribution in [0.15, 0.2) is 4.99 Å². The summed E-state index contributed by atoms with van der Waals surface area (Å²) in [4.78, 5) is 31.2. The lowest BCUT2D eigenvalue weighted by atomic mass is 9.75. The van der Waals surface area contributed by atoms with Crippen molar-refractivity contribution in [2.75, 3.05) is 19.6 Å². The van der Waals surface area contributed by atoms with Gasteiger partial charge in [-0.1, -0.05) is 50.3 Å². The lowest BCUT2D eigenvalue weighted by Gasteiger charge is -2.41. The van der Waals surface area contributed by atoms with Gasteiger partial charge in [0.2, 0.25) is 5.91 Å². The maximum absolute atomic E-state index is 12.8. The van der Waals surface area contributed by atoms with Gasteiger partial charge in [-0.25, -0.2) is 0 Å². The molecule has 0 aromatic heterocycles. The van der Waals surface area contributed by atoms with E-state index in [-0.39, 0.29) is 17.1 Å². The molecule has 3 atom stereocenters. The van der Waals surface area contributed by atoms with Gasteiger partial charge in [-0.3, -0.25) is 9.59 Å². The minimum atomic E-state index is -0.324. The number of carbonyl (C=O) groups excluding carboxylic acids is 2. The molecule has 2 aliphatic heterocycles. The normalized spacial score (nSPS) is 32.1. The molecule has 3 fully saturated rings.